The summed E-state index contributed by atoms with van der Waals surface area (Å²) in [5.41, 5.74) is 1.99. The minimum atomic E-state index is -1.06. The molecule has 3 heterocycles. The molecular formula is C26H20F2N6O3. The van der Waals surface area contributed by atoms with Gasteiger partial charge in [-0.15, -0.1) is 0 Å². The average Bonchev–Trinajstić information content (AvgIpc) is 3.35. The van der Waals surface area contributed by atoms with E-state index < -0.39 is 23.4 Å². The third-order valence-corrected chi connectivity index (χ3v) is 6.04. The molecule has 37 heavy (non-hydrogen) atoms. The number of fused-ring (bicyclic) bond motifs is 1. The zero-order valence-electron chi connectivity index (χ0n) is 20.1. The quantitative estimate of drug-likeness (QED) is 0.384. The van der Waals surface area contributed by atoms with E-state index in [1.54, 1.807) is 54.5 Å². The molecule has 11 heteroatoms. The fourth-order valence-electron chi connectivity index (χ4n) is 4.26. The number of hydrogen-bond acceptors (Lipinski definition) is 6. The fraction of sp³-hybridized carbons (Fsp3) is 0.154. The van der Waals surface area contributed by atoms with Gasteiger partial charge in [0.1, 0.15) is 11.8 Å². The van der Waals surface area contributed by atoms with E-state index >= 15 is 8.78 Å². The molecular weight excluding hydrogens is 482 g/mol. The van der Waals surface area contributed by atoms with Gasteiger partial charge in [0.25, 0.3) is 0 Å². The molecule has 1 aliphatic heterocycles. The lowest BCUT2D eigenvalue weighted by Crippen LogP contribution is -2.46. The summed E-state index contributed by atoms with van der Waals surface area (Å²) in [6, 6.07) is 10.5. The lowest BCUT2D eigenvalue weighted by Gasteiger charge is -2.37. The number of nitrogens with zero attached hydrogens (tertiary/aromatic N) is 6. The Kier molecular flexibility index (Phi) is 5.93. The van der Waals surface area contributed by atoms with Crippen molar-refractivity contribution in [3.8, 4) is 28.8 Å². The molecule has 0 aliphatic carbocycles. The summed E-state index contributed by atoms with van der Waals surface area (Å²) in [6.45, 7) is -0.191. The number of para-hydroxylation sites is 1. The summed E-state index contributed by atoms with van der Waals surface area (Å²) in [7, 11) is 4.22. The van der Waals surface area contributed by atoms with Gasteiger partial charge in [-0.3, -0.25) is 19.5 Å². The van der Waals surface area contributed by atoms with Crippen molar-refractivity contribution in [1.29, 1.82) is 5.26 Å². The lowest BCUT2D eigenvalue weighted by molar-refractivity contribution is 0.251. The first-order valence-electron chi connectivity index (χ1n) is 11.1. The van der Waals surface area contributed by atoms with E-state index in [1.807, 2.05) is 0 Å². The molecule has 0 bridgehead atoms. The van der Waals surface area contributed by atoms with Crippen molar-refractivity contribution < 1.29 is 23.0 Å². The Bertz CT molecular complexity index is 1550. The molecule has 5 rings (SSSR count). The molecule has 0 saturated heterocycles. The lowest BCUT2D eigenvalue weighted by atomic mass is 10.0. The molecule has 0 unspecified atom stereocenters. The van der Waals surface area contributed by atoms with Crippen molar-refractivity contribution in [2.75, 3.05) is 24.0 Å². The Morgan fingerprint density at radius 1 is 1.03 bits per heavy atom. The largest absolute Gasteiger partial charge is 0.493 e. The van der Waals surface area contributed by atoms with E-state index in [0.29, 0.717) is 22.5 Å². The summed E-state index contributed by atoms with van der Waals surface area (Å²) in [4.78, 5) is 20.7. The highest BCUT2D eigenvalue weighted by molar-refractivity contribution is 6.12. The molecule has 186 valence electrons. The van der Waals surface area contributed by atoms with Crippen LogP contribution in [0.5, 0.6) is 11.5 Å². The number of nitriles is 1. The molecule has 0 N–H and O–H groups in total. The SMILES string of the molecule is COc1cc(OC)c(F)c(N2Cc3cnc(-c4cnn(C)c4)cc3N(c3ccccc3C#N)C2=O)c1F. The number of aromatic nitrogens is 3. The number of hydrogen-bond donors (Lipinski definition) is 0. The van der Waals surface area contributed by atoms with E-state index in [9.17, 15) is 10.1 Å². The van der Waals surface area contributed by atoms with Crippen molar-refractivity contribution in [2.24, 2.45) is 7.05 Å². The van der Waals surface area contributed by atoms with Gasteiger partial charge in [0.15, 0.2) is 23.1 Å². The Morgan fingerprint density at radius 3 is 2.35 bits per heavy atom. The van der Waals surface area contributed by atoms with Crippen LogP contribution in [0, 0.1) is 23.0 Å². The number of carbonyl (C=O) groups excluding carboxylic acids is 1. The standard InChI is InChI=1S/C26H20F2N6O3/c1-32-13-16(12-31-32)18-8-20-17(11-30-18)14-33(25-23(27)21(36-2)9-22(37-3)24(25)28)26(35)34(20)19-7-5-4-6-15(19)10-29/h4-9,11-13H,14H2,1-3H3. The monoisotopic (exact) mass is 502 g/mol. The first kappa shape index (κ1) is 23.7. The van der Waals surface area contributed by atoms with Crippen LogP contribution in [-0.2, 0) is 13.6 Å². The summed E-state index contributed by atoms with van der Waals surface area (Å²) < 4.78 is 42.6. The molecule has 4 aromatic rings. The molecule has 2 aromatic carbocycles. The maximum absolute atomic E-state index is 15.4. The molecule has 2 aromatic heterocycles. The minimum Gasteiger partial charge on any atom is -0.493 e. The first-order valence-corrected chi connectivity index (χ1v) is 11.1. The number of anilines is 3. The number of benzene rings is 2. The van der Waals surface area contributed by atoms with Crippen LogP contribution in [0.15, 0.2) is 55.0 Å². The van der Waals surface area contributed by atoms with Gasteiger partial charge < -0.3 is 9.47 Å². The van der Waals surface area contributed by atoms with Gasteiger partial charge in [0.2, 0.25) is 0 Å². The summed E-state index contributed by atoms with van der Waals surface area (Å²) >= 11 is 0. The minimum absolute atomic E-state index is 0.191. The van der Waals surface area contributed by atoms with Crippen LogP contribution in [0.2, 0.25) is 0 Å². The third kappa shape index (κ3) is 3.88. The number of pyridine rings is 1. The van der Waals surface area contributed by atoms with Gasteiger partial charge in [-0.2, -0.15) is 10.4 Å². The second-order valence-electron chi connectivity index (χ2n) is 8.19. The van der Waals surface area contributed by atoms with Crippen molar-refractivity contribution >= 4 is 23.1 Å². The van der Waals surface area contributed by atoms with Crippen molar-refractivity contribution in [2.45, 2.75) is 6.54 Å². The van der Waals surface area contributed by atoms with Crippen LogP contribution in [0.4, 0.5) is 30.6 Å². The summed E-state index contributed by atoms with van der Waals surface area (Å²) in [5.74, 6) is -2.71. The molecule has 9 nitrogen and oxygen atoms in total. The number of ether oxygens (including phenoxy) is 2. The van der Waals surface area contributed by atoms with Gasteiger partial charge in [-0.05, 0) is 18.2 Å². The van der Waals surface area contributed by atoms with Crippen LogP contribution in [-0.4, -0.2) is 35.0 Å². The van der Waals surface area contributed by atoms with Crippen LogP contribution in [0.25, 0.3) is 11.3 Å². The average molecular weight is 502 g/mol. The van der Waals surface area contributed by atoms with Gasteiger partial charge in [-0.1, -0.05) is 12.1 Å². The molecule has 0 atom stereocenters. The van der Waals surface area contributed by atoms with E-state index in [0.717, 1.165) is 11.0 Å². The van der Waals surface area contributed by atoms with E-state index in [1.165, 1.54) is 25.3 Å². The van der Waals surface area contributed by atoms with Crippen molar-refractivity contribution in [1.82, 2.24) is 14.8 Å². The fourth-order valence-corrected chi connectivity index (χ4v) is 4.26. The number of aryl methyl sites for hydroxylation is 1. The Morgan fingerprint density at radius 2 is 1.73 bits per heavy atom. The highest BCUT2D eigenvalue weighted by atomic mass is 19.1. The maximum Gasteiger partial charge on any atom is 0.334 e. The van der Waals surface area contributed by atoms with Crippen LogP contribution in [0.1, 0.15) is 11.1 Å². The molecule has 0 saturated carbocycles. The highest BCUT2D eigenvalue weighted by Gasteiger charge is 2.38. The van der Waals surface area contributed by atoms with Crippen molar-refractivity contribution in [3.63, 3.8) is 0 Å². The summed E-state index contributed by atoms with van der Waals surface area (Å²) in [6.07, 6.45) is 4.94. The van der Waals surface area contributed by atoms with E-state index in [-0.39, 0.29) is 29.3 Å². The highest BCUT2D eigenvalue weighted by Crippen LogP contribution is 2.43. The summed E-state index contributed by atoms with van der Waals surface area (Å²) in [5, 5.41) is 13.9. The Balaban J connectivity index is 1.74. The number of halogens is 2. The van der Waals surface area contributed by atoms with Gasteiger partial charge in [-0.25, -0.2) is 13.6 Å². The Labute approximate surface area is 210 Å². The zero-order valence-corrected chi connectivity index (χ0v) is 20.1. The number of methoxy groups -OCH3 is 2. The maximum atomic E-state index is 15.4. The molecule has 1 aliphatic rings. The molecule has 0 fully saturated rings. The first-order chi connectivity index (χ1) is 17.9. The van der Waals surface area contributed by atoms with Crippen molar-refractivity contribution in [3.05, 3.63) is 77.8 Å². The Hall–Kier alpha value is -4.98. The smallest absolute Gasteiger partial charge is 0.334 e. The predicted molar refractivity (Wildman–Crippen MR) is 131 cm³/mol. The van der Waals surface area contributed by atoms with E-state index in [4.69, 9.17) is 9.47 Å². The second kappa shape index (κ2) is 9.23. The van der Waals surface area contributed by atoms with Gasteiger partial charge >= 0.3 is 6.03 Å². The number of amides is 2. The molecule has 0 spiro atoms. The third-order valence-electron chi connectivity index (χ3n) is 6.04. The number of urea groups is 1. The number of rotatable bonds is 5. The topological polar surface area (TPSA) is 96.5 Å². The normalized spacial score (nSPS) is 12.8. The van der Waals surface area contributed by atoms with Crippen LogP contribution >= 0.6 is 0 Å². The second-order valence-corrected chi connectivity index (χ2v) is 8.19. The van der Waals surface area contributed by atoms with Gasteiger partial charge in [0.05, 0.1) is 49.6 Å². The van der Waals surface area contributed by atoms with Crippen LogP contribution in [0.3, 0.4) is 0 Å². The van der Waals surface area contributed by atoms with E-state index in [2.05, 4.69) is 16.2 Å². The number of carbonyl (C=O) groups is 1. The van der Waals surface area contributed by atoms with Gasteiger partial charge in [0, 0.05) is 36.6 Å². The zero-order chi connectivity index (χ0) is 26.3. The predicted octanol–water partition coefficient (Wildman–Crippen LogP) is 4.93. The molecule has 0 radical (unpaired) electrons. The van der Waals surface area contributed by atoms with Crippen LogP contribution < -0.4 is 19.3 Å². The molecule has 2 amide bonds.